The van der Waals surface area contributed by atoms with Crippen molar-refractivity contribution in [1.82, 2.24) is 19.9 Å². The van der Waals surface area contributed by atoms with Gasteiger partial charge in [-0.25, -0.2) is 4.68 Å². The Morgan fingerprint density at radius 2 is 1.96 bits per heavy atom. The van der Waals surface area contributed by atoms with Crippen molar-refractivity contribution in [2.45, 2.75) is 26.9 Å². The summed E-state index contributed by atoms with van der Waals surface area (Å²) >= 11 is 0. The van der Waals surface area contributed by atoms with E-state index in [0.29, 0.717) is 24.3 Å². The summed E-state index contributed by atoms with van der Waals surface area (Å²) in [6, 6.07) is 5.77. The average molecular weight is 380 g/mol. The Labute approximate surface area is 153 Å². The van der Waals surface area contributed by atoms with Gasteiger partial charge in [0.1, 0.15) is 5.75 Å². The molecule has 0 bridgehead atoms. The second kappa shape index (κ2) is 6.93. The fourth-order valence-electron chi connectivity index (χ4n) is 3.00. The molecule has 1 N–H and O–H groups in total. The molecular weight excluding hydrogens is 362 g/mol. The number of halogens is 2. The molecule has 1 amide bonds. The minimum atomic E-state index is -2.91. The number of amides is 1. The van der Waals surface area contributed by atoms with Crippen molar-refractivity contribution in [2.24, 2.45) is 5.41 Å². The van der Waals surface area contributed by atoms with E-state index in [1.54, 1.807) is 13.8 Å². The summed E-state index contributed by atoms with van der Waals surface area (Å²) in [6.07, 6.45) is 0.368. The van der Waals surface area contributed by atoms with Crippen LogP contribution >= 0.6 is 0 Å². The van der Waals surface area contributed by atoms with Crippen molar-refractivity contribution in [1.29, 1.82) is 0 Å². The van der Waals surface area contributed by atoms with E-state index in [1.165, 1.54) is 33.8 Å². The van der Waals surface area contributed by atoms with E-state index >= 15 is 0 Å². The molecule has 0 spiro atoms. The second-order valence-corrected chi connectivity index (χ2v) is 6.65. The van der Waals surface area contributed by atoms with E-state index in [4.69, 9.17) is 0 Å². The van der Waals surface area contributed by atoms with Crippen molar-refractivity contribution in [2.75, 3.05) is 13.1 Å². The summed E-state index contributed by atoms with van der Waals surface area (Å²) < 4.78 is 30.2. The molecule has 1 aromatic carbocycles. The van der Waals surface area contributed by atoms with Crippen LogP contribution in [-0.2, 0) is 4.79 Å². The third kappa shape index (κ3) is 3.60. The lowest BCUT2D eigenvalue weighted by Crippen LogP contribution is -2.35. The fraction of sp³-hybridized carbons (Fsp3) is 0.412. The largest absolute Gasteiger partial charge is 0.481 e. The van der Waals surface area contributed by atoms with Gasteiger partial charge in [-0.05, 0) is 44.5 Å². The number of hydrogen-bond donors (Lipinski definition) is 1. The third-order valence-electron chi connectivity index (χ3n) is 4.68. The number of benzene rings is 1. The van der Waals surface area contributed by atoms with Crippen LogP contribution in [-0.4, -0.2) is 56.6 Å². The molecule has 1 unspecified atom stereocenters. The van der Waals surface area contributed by atoms with Crippen molar-refractivity contribution >= 4 is 11.9 Å². The van der Waals surface area contributed by atoms with Gasteiger partial charge in [-0.1, -0.05) is 5.21 Å². The van der Waals surface area contributed by atoms with Crippen LogP contribution in [0.5, 0.6) is 5.75 Å². The van der Waals surface area contributed by atoms with Crippen LogP contribution in [0, 0.1) is 12.3 Å². The number of alkyl halides is 2. The summed E-state index contributed by atoms with van der Waals surface area (Å²) in [5, 5.41) is 17.2. The minimum Gasteiger partial charge on any atom is -0.481 e. The Morgan fingerprint density at radius 3 is 2.52 bits per heavy atom. The molecule has 0 radical (unpaired) electrons. The maximum absolute atomic E-state index is 12.7. The van der Waals surface area contributed by atoms with Gasteiger partial charge in [0, 0.05) is 13.1 Å². The van der Waals surface area contributed by atoms with Crippen molar-refractivity contribution < 1.29 is 28.2 Å². The van der Waals surface area contributed by atoms with Crippen LogP contribution in [0.3, 0.4) is 0 Å². The Kier molecular flexibility index (Phi) is 4.81. The molecule has 144 valence electrons. The number of carboxylic acids is 1. The van der Waals surface area contributed by atoms with Crippen LogP contribution in [0.25, 0.3) is 5.69 Å². The van der Waals surface area contributed by atoms with Gasteiger partial charge >= 0.3 is 12.6 Å². The van der Waals surface area contributed by atoms with Crippen LogP contribution in [0.15, 0.2) is 24.3 Å². The van der Waals surface area contributed by atoms with Crippen LogP contribution in [0.4, 0.5) is 8.78 Å². The first-order valence-electron chi connectivity index (χ1n) is 8.21. The van der Waals surface area contributed by atoms with Crippen molar-refractivity contribution in [3.63, 3.8) is 0 Å². The number of ether oxygens (including phenoxy) is 1. The van der Waals surface area contributed by atoms with Gasteiger partial charge in [-0.2, -0.15) is 8.78 Å². The topological polar surface area (TPSA) is 97.5 Å². The Balaban J connectivity index is 1.79. The maximum Gasteiger partial charge on any atom is 0.387 e. The molecule has 0 aliphatic carbocycles. The molecule has 3 rings (SSSR count). The summed E-state index contributed by atoms with van der Waals surface area (Å²) in [5.74, 6) is -1.32. The Hall–Kier alpha value is -3.04. The lowest BCUT2D eigenvalue weighted by atomic mass is 9.90. The third-order valence-corrected chi connectivity index (χ3v) is 4.68. The molecule has 1 aromatic heterocycles. The number of aliphatic carboxylic acids is 1. The van der Waals surface area contributed by atoms with Gasteiger partial charge in [0.2, 0.25) is 0 Å². The fourth-order valence-corrected chi connectivity index (χ4v) is 3.00. The van der Waals surface area contributed by atoms with Gasteiger partial charge in [0.15, 0.2) is 5.69 Å². The lowest BCUT2D eigenvalue weighted by Gasteiger charge is -2.19. The normalized spacial score (nSPS) is 19.5. The SMILES string of the molecule is Cc1c(C(=O)N2CCC(C)(C(=O)O)C2)nnn1-c1ccc(OC(F)F)cc1. The summed E-state index contributed by atoms with van der Waals surface area (Å²) in [5.41, 5.74) is 0.140. The number of carbonyl (C=O) groups excluding carboxylic acids is 1. The quantitative estimate of drug-likeness (QED) is 0.853. The Morgan fingerprint density at radius 1 is 1.30 bits per heavy atom. The standard InChI is InChI=1S/C17H18F2N4O4/c1-10-13(14(24)22-8-7-17(2,9-22)15(25)26)20-21-23(10)11-3-5-12(6-4-11)27-16(18)19/h3-6,16H,7-9H2,1-2H3,(H,25,26). The highest BCUT2D eigenvalue weighted by Crippen LogP contribution is 2.31. The van der Waals surface area contributed by atoms with Crippen molar-refractivity contribution in [3.05, 3.63) is 35.7 Å². The van der Waals surface area contributed by atoms with Crippen LogP contribution < -0.4 is 4.74 Å². The second-order valence-electron chi connectivity index (χ2n) is 6.65. The molecule has 8 nitrogen and oxygen atoms in total. The average Bonchev–Trinajstić information content (AvgIpc) is 3.19. The van der Waals surface area contributed by atoms with E-state index in [2.05, 4.69) is 15.0 Å². The minimum absolute atomic E-state index is 0.00726. The highest BCUT2D eigenvalue weighted by atomic mass is 19.3. The molecule has 10 heteroatoms. The zero-order valence-corrected chi connectivity index (χ0v) is 14.7. The van der Waals surface area contributed by atoms with Gasteiger partial charge < -0.3 is 14.7 Å². The monoisotopic (exact) mass is 380 g/mol. The van der Waals surface area contributed by atoms with E-state index in [9.17, 15) is 23.5 Å². The highest BCUT2D eigenvalue weighted by Gasteiger charge is 2.43. The predicted molar refractivity (Wildman–Crippen MR) is 89.0 cm³/mol. The van der Waals surface area contributed by atoms with E-state index in [-0.39, 0.29) is 23.9 Å². The van der Waals surface area contributed by atoms with Crippen LogP contribution in [0.2, 0.25) is 0 Å². The first-order chi connectivity index (χ1) is 12.7. The molecule has 2 aromatic rings. The summed E-state index contributed by atoms with van der Waals surface area (Å²) in [4.78, 5) is 25.5. The number of hydrogen-bond acceptors (Lipinski definition) is 5. The Bertz CT molecular complexity index is 868. The van der Waals surface area contributed by atoms with Gasteiger partial charge in [0.25, 0.3) is 5.91 Å². The lowest BCUT2D eigenvalue weighted by molar-refractivity contribution is -0.147. The molecule has 0 saturated carbocycles. The first-order valence-corrected chi connectivity index (χ1v) is 8.21. The van der Waals surface area contributed by atoms with Crippen molar-refractivity contribution in [3.8, 4) is 11.4 Å². The highest BCUT2D eigenvalue weighted by molar-refractivity contribution is 5.94. The number of carboxylic acid groups (broad SMARTS) is 1. The number of carbonyl (C=O) groups is 2. The molecule has 1 atom stereocenters. The zero-order valence-electron chi connectivity index (χ0n) is 14.7. The van der Waals surface area contributed by atoms with Crippen LogP contribution in [0.1, 0.15) is 29.5 Å². The first kappa shape index (κ1) is 18.7. The molecule has 1 aliphatic rings. The van der Waals surface area contributed by atoms with E-state index < -0.39 is 18.0 Å². The molecule has 1 aliphatic heterocycles. The molecule has 27 heavy (non-hydrogen) atoms. The number of nitrogens with zero attached hydrogens (tertiary/aromatic N) is 4. The predicted octanol–water partition coefficient (Wildman–Crippen LogP) is 2.11. The molecule has 2 heterocycles. The summed E-state index contributed by atoms with van der Waals surface area (Å²) in [7, 11) is 0. The molecular formula is C17H18F2N4O4. The molecule has 1 saturated heterocycles. The number of likely N-dealkylation sites (tertiary alicyclic amines) is 1. The maximum atomic E-state index is 12.7. The number of aromatic nitrogens is 3. The van der Waals surface area contributed by atoms with Gasteiger partial charge in [-0.3, -0.25) is 9.59 Å². The van der Waals surface area contributed by atoms with Gasteiger partial charge in [-0.15, -0.1) is 5.10 Å². The number of rotatable bonds is 5. The van der Waals surface area contributed by atoms with E-state index in [1.807, 2.05) is 0 Å². The smallest absolute Gasteiger partial charge is 0.387 e. The summed E-state index contributed by atoms with van der Waals surface area (Å²) in [6.45, 7) is 0.782. The van der Waals surface area contributed by atoms with E-state index in [0.717, 1.165) is 0 Å². The zero-order chi connectivity index (χ0) is 19.8. The molecule has 1 fully saturated rings. The van der Waals surface area contributed by atoms with Gasteiger partial charge in [0.05, 0.1) is 16.8 Å².